The molecule has 3 aromatic rings. The number of hydrogen-bond acceptors (Lipinski definition) is 2. The van der Waals surface area contributed by atoms with Crippen molar-refractivity contribution in [1.82, 2.24) is 9.88 Å². The quantitative estimate of drug-likeness (QED) is 0.681. The Kier molecular flexibility index (Phi) is 6.16. The lowest BCUT2D eigenvalue weighted by Crippen LogP contribution is -2.35. The number of pyridine rings is 1. The Morgan fingerprint density at radius 3 is 2.17 bits per heavy atom. The van der Waals surface area contributed by atoms with Crippen molar-refractivity contribution in [3.05, 3.63) is 106 Å². The van der Waals surface area contributed by atoms with E-state index < -0.39 is 29.8 Å². The van der Waals surface area contributed by atoms with Crippen LogP contribution in [0.5, 0.6) is 0 Å². The number of hydrogen-bond donors (Lipinski definition) is 1. The SMILES string of the molecule is O=C(Cn1cc(C(F)(F)F)ccc1=O)N[C@@H](Cc1ccccc1)c1ccccc1. The van der Waals surface area contributed by atoms with Gasteiger partial charge >= 0.3 is 6.18 Å². The Labute approximate surface area is 165 Å². The summed E-state index contributed by atoms with van der Waals surface area (Å²) in [5.41, 5.74) is 0.209. The first kappa shape index (κ1) is 20.4. The number of halogens is 3. The molecular weight excluding hydrogens is 381 g/mol. The molecule has 7 heteroatoms. The van der Waals surface area contributed by atoms with Crippen LogP contribution < -0.4 is 10.9 Å². The number of alkyl halides is 3. The van der Waals surface area contributed by atoms with Gasteiger partial charge in [-0.1, -0.05) is 60.7 Å². The minimum Gasteiger partial charge on any atom is -0.347 e. The van der Waals surface area contributed by atoms with Crippen molar-refractivity contribution < 1.29 is 18.0 Å². The highest BCUT2D eigenvalue weighted by molar-refractivity contribution is 5.76. The molecule has 0 saturated heterocycles. The molecule has 0 aliphatic rings. The van der Waals surface area contributed by atoms with Gasteiger partial charge in [0.15, 0.2) is 0 Å². The molecule has 0 aliphatic carbocycles. The molecule has 0 radical (unpaired) electrons. The molecule has 3 rings (SSSR count). The van der Waals surface area contributed by atoms with Gasteiger partial charge in [0, 0.05) is 12.3 Å². The lowest BCUT2D eigenvalue weighted by Gasteiger charge is -2.20. The van der Waals surface area contributed by atoms with Gasteiger partial charge in [0.05, 0.1) is 11.6 Å². The number of carbonyl (C=O) groups is 1. The van der Waals surface area contributed by atoms with E-state index in [1.807, 2.05) is 60.7 Å². The van der Waals surface area contributed by atoms with Gasteiger partial charge in [-0.25, -0.2) is 0 Å². The Hall–Kier alpha value is -3.35. The Balaban J connectivity index is 1.79. The molecule has 0 aliphatic heterocycles. The molecule has 1 aromatic heterocycles. The summed E-state index contributed by atoms with van der Waals surface area (Å²) in [6.07, 6.45) is -3.42. The molecule has 1 atom stereocenters. The van der Waals surface area contributed by atoms with E-state index in [0.717, 1.165) is 21.8 Å². The van der Waals surface area contributed by atoms with Crippen LogP contribution in [0.4, 0.5) is 13.2 Å². The molecule has 0 bridgehead atoms. The van der Waals surface area contributed by atoms with Gasteiger partial charge in [-0.05, 0) is 23.6 Å². The van der Waals surface area contributed by atoms with Gasteiger partial charge in [0.25, 0.3) is 5.56 Å². The van der Waals surface area contributed by atoms with Gasteiger partial charge in [-0.15, -0.1) is 0 Å². The molecule has 1 N–H and O–H groups in total. The number of nitrogens with one attached hydrogen (secondary N) is 1. The molecule has 1 heterocycles. The first-order valence-electron chi connectivity index (χ1n) is 8.99. The summed E-state index contributed by atoms with van der Waals surface area (Å²) < 4.78 is 39.5. The van der Waals surface area contributed by atoms with E-state index in [4.69, 9.17) is 0 Å². The van der Waals surface area contributed by atoms with E-state index in [-0.39, 0.29) is 6.04 Å². The zero-order valence-electron chi connectivity index (χ0n) is 15.4. The largest absolute Gasteiger partial charge is 0.417 e. The smallest absolute Gasteiger partial charge is 0.347 e. The molecule has 29 heavy (non-hydrogen) atoms. The third kappa shape index (κ3) is 5.57. The predicted octanol–water partition coefficient (Wildman–Crippen LogP) is 3.97. The molecule has 0 unspecified atom stereocenters. The molecule has 2 aromatic carbocycles. The second-order valence-corrected chi connectivity index (χ2v) is 6.60. The monoisotopic (exact) mass is 400 g/mol. The molecule has 1 amide bonds. The molecule has 4 nitrogen and oxygen atoms in total. The third-order valence-electron chi connectivity index (χ3n) is 4.44. The zero-order chi connectivity index (χ0) is 20.9. The number of rotatable bonds is 6. The average Bonchev–Trinajstić information content (AvgIpc) is 2.70. The van der Waals surface area contributed by atoms with Crippen molar-refractivity contribution in [2.75, 3.05) is 0 Å². The summed E-state index contributed by atoms with van der Waals surface area (Å²) in [5.74, 6) is -0.545. The van der Waals surface area contributed by atoms with Crippen molar-refractivity contribution in [1.29, 1.82) is 0 Å². The first-order chi connectivity index (χ1) is 13.8. The van der Waals surface area contributed by atoms with Crippen LogP contribution in [0.1, 0.15) is 22.7 Å². The van der Waals surface area contributed by atoms with Crippen LogP contribution in [0.2, 0.25) is 0 Å². The highest BCUT2D eigenvalue weighted by Crippen LogP contribution is 2.28. The fraction of sp³-hybridized carbons (Fsp3) is 0.182. The summed E-state index contributed by atoms with van der Waals surface area (Å²) in [7, 11) is 0. The van der Waals surface area contributed by atoms with Crippen molar-refractivity contribution in [3.63, 3.8) is 0 Å². The Bertz CT molecular complexity index is 1020. The van der Waals surface area contributed by atoms with Crippen molar-refractivity contribution >= 4 is 5.91 Å². The number of nitrogens with zero attached hydrogens (tertiary/aromatic N) is 1. The summed E-state index contributed by atoms with van der Waals surface area (Å²) in [6, 6.07) is 19.9. The molecule has 0 fully saturated rings. The van der Waals surface area contributed by atoms with Crippen LogP contribution in [0.15, 0.2) is 83.8 Å². The predicted molar refractivity (Wildman–Crippen MR) is 103 cm³/mol. The molecule has 0 spiro atoms. The molecule has 0 saturated carbocycles. The summed E-state index contributed by atoms with van der Waals surface area (Å²) >= 11 is 0. The highest BCUT2D eigenvalue weighted by Gasteiger charge is 2.31. The highest BCUT2D eigenvalue weighted by atomic mass is 19.4. The van der Waals surface area contributed by atoms with E-state index in [9.17, 15) is 22.8 Å². The van der Waals surface area contributed by atoms with Gasteiger partial charge in [0.2, 0.25) is 5.91 Å². The number of carbonyl (C=O) groups excluding carboxylic acids is 1. The topological polar surface area (TPSA) is 51.1 Å². The van der Waals surface area contributed by atoms with Gasteiger partial charge in [-0.3, -0.25) is 9.59 Å². The van der Waals surface area contributed by atoms with Crippen LogP contribution in [-0.4, -0.2) is 10.5 Å². The molecular formula is C22H19F3N2O2. The fourth-order valence-electron chi connectivity index (χ4n) is 3.00. The van der Waals surface area contributed by atoms with Gasteiger partial charge < -0.3 is 9.88 Å². The van der Waals surface area contributed by atoms with E-state index >= 15 is 0 Å². The number of amides is 1. The lowest BCUT2D eigenvalue weighted by molar-refractivity contribution is -0.138. The zero-order valence-corrected chi connectivity index (χ0v) is 15.4. The lowest BCUT2D eigenvalue weighted by atomic mass is 9.99. The van der Waals surface area contributed by atoms with Crippen LogP contribution in [0, 0.1) is 0 Å². The van der Waals surface area contributed by atoms with Gasteiger partial charge in [0.1, 0.15) is 6.54 Å². The third-order valence-corrected chi connectivity index (χ3v) is 4.44. The van der Waals surface area contributed by atoms with E-state index in [1.165, 1.54) is 0 Å². The summed E-state index contributed by atoms with van der Waals surface area (Å²) in [5, 5.41) is 2.84. The second-order valence-electron chi connectivity index (χ2n) is 6.60. The fourth-order valence-corrected chi connectivity index (χ4v) is 3.00. The maximum Gasteiger partial charge on any atom is 0.417 e. The van der Waals surface area contributed by atoms with Crippen LogP contribution >= 0.6 is 0 Å². The Morgan fingerprint density at radius 1 is 0.931 bits per heavy atom. The van der Waals surface area contributed by atoms with Gasteiger partial charge in [-0.2, -0.15) is 13.2 Å². The standard InChI is InChI=1S/C22H19F3N2O2/c23-22(24,25)18-11-12-21(29)27(14-18)15-20(28)26-19(17-9-5-2-6-10-17)13-16-7-3-1-4-8-16/h1-12,14,19H,13,15H2,(H,26,28)/t19-/m0/s1. The Morgan fingerprint density at radius 2 is 1.55 bits per heavy atom. The van der Waals surface area contributed by atoms with Crippen molar-refractivity contribution in [3.8, 4) is 0 Å². The van der Waals surface area contributed by atoms with Crippen molar-refractivity contribution in [2.24, 2.45) is 0 Å². The maximum absolute atomic E-state index is 12.9. The van der Waals surface area contributed by atoms with Crippen LogP contribution in [-0.2, 0) is 23.9 Å². The van der Waals surface area contributed by atoms with Crippen molar-refractivity contribution in [2.45, 2.75) is 25.2 Å². The summed E-state index contributed by atoms with van der Waals surface area (Å²) in [6.45, 7) is -0.499. The number of aromatic nitrogens is 1. The van der Waals surface area contributed by atoms with Crippen LogP contribution in [0.25, 0.3) is 0 Å². The average molecular weight is 400 g/mol. The number of benzene rings is 2. The van der Waals surface area contributed by atoms with E-state index in [2.05, 4.69) is 5.32 Å². The molecule has 150 valence electrons. The normalized spacial score (nSPS) is 12.4. The first-order valence-corrected chi connectivity index (χ1v) is 8.99. The van der Waals surface area contributed by atoms with Crippen LogP contribution in [0.3, 0.4) is 0 Å². The summed E-state index contributed by atoms with van der Waals surface area (Å²) in [4.78, 5) is 24.4. The van der Waals surface area contributed by atoms with E-state index in [0.29, 0.717) is 18.7 Å². The van der Waals surface area contributed by atoms with E-state index in [1.54, 1.807) is 0 Å². The minimum absolute atomic E-state index is 0.382. The maximum atomic E-state index is 12.9. The second kappa shape index (κ2) is 8.77. The minimum atomic E-state index is -4.59.